The molecule has 0 aliphatic rings. The standard InChI is InChI=1S/C17H18N2O4/c1-23-16-5-3-2-4-14(16)15(20)11-18-10-12-6-8-13(9-7-12)17(21)19-22/h2-9,18,22H,10-11H2,1H3,(H,19,21). The maximum atomic E-state index is 12.2. The van der Waals surface area contributed by atoms with Crippen LogP contribution in [0, 0.1) is 0 Å². The highest BCUT2D eigenvalue weighted by Crippen LogP contribution is 2.17. The Balaban J connectivity index is 1.89. The van der Waals surface area contributed by atoms with Crippen LogP contribution in [0.5, 0.6) is 5.75 Å². The Kier molecular flexibility index (Phi) is 5.85. The number of para-hydroxylation sites is 1. The van der Waals surface area contributed by atoms with Gasteiger partial charge in [-0.3, -0.25) is 14.8 Å². The zero-order valence-corrected chi connectivity index (χ0v) is 12.7. The first-order valence-corrected chi connectivity index (χ1v) is 7.06. The van der Waals surface area contributed by atoms with E-state index >= 15 is 0 Å². The second kappa shape index (κ2) is 8.07. The third-order valence-electron chi connectivity index (χ3n) is 3.34. The molecule has 23 heavy (non-hydrogen) atoms. The lowest BCUT2D eigenvalue weighted by Crippen LogP contribution is -2.23. The molecule has 2 aromatic rings. The first-order valence-electron chi connectivity index (χ1n) is 7.06. The van der Waals surface area contributed by atoms with E-state index in [0.29, 0.717) is 23.4 Å². The molecule has 120 valence electrons. The van der Waals surface area contributed by atoms with Gasteiger partial charge in [-0.25, -0.2) is 5.48 Å². The van der Waals surface area contributed by atoms with Gasteiger partial charge in [0, 0.05) is 12.1 Å². The molecule has 0 atom stereocenters. The molecule has 3 N–H and O–H groups in total. The third-order valence-corrected chi connectivity index (χ3v) is 3.34. The van der Waals surface area contributed by atoms with E-state index in [-0.39, 0.29) is 12.3 Å². The van der Waals surface area contributed by atoms with Crippen LogP contribution < -0.4 is 15.5 Å². The van der Waals surface area contributed by atoms with Gasteiger partial charge in [0.2, 0.25) is 0 Å². The van der Waals surface area contributed by atoms with Gasteiger partial charge < -0.3 is 10.1 Å². The minimum absolute atomic E-state index is 0.0567. The quantitative estimate of drug-likeness (QED) is 0.412. The van der Waals surface area contributed by atoms with Gasteiger partial charge >= 0.3 is 0 Å². The number of hydrogen-bond donors (Lipinski definition) is 3. The summed E-state index contributed by atoms with van der Waals surface area (Å²) in [7, 11) is 1.53. The summed E-state index contributed by atoms with van der Waals surface area (Å²) < 4.78 is 5.17. The number of ether oxygens (including phenoxy) is 1. The van der Waals surface area contributed by atoms with Crippen LogP contribution in [0.3, 0.4) is 0 Å². The number of ketones is 1. The predicted molar refractivity (Wildman–Crippen MR) is 84.7 cm³/mol. The lowest BCUT2D eigenvalue weighted by Gasteiger charge is -2.08. The molecule has 0 aliphatic heterocycles. The average molecular weight is 314 g/mol. The number of Topliss-reactive ketones (excluding diaryl/α,β-unsaturated/α-hetero) is 1. The Morgan fingerprint density at radius 3 is 2.43 bits per heavy atom. The maximum absolute atomic E-state index is 12.2. The van der Waals surface area contributed by atoms with Crippen molar-refractivity contribution in [2.75, 3.05) is 13.7 Å². The molecular formula is C17H18N2O4. The van der Waals surface area contributed by atoms with Crippen LogP contribution in [0.25, 0.3) is 0 Å². The minimum atomic E-state index is -0.559. The van der Waals surface area contributed by atoms with E-state index in [9.17, 15) is 9.59 Å². The van der Waals surface area contributed by atoms with E-state index in [1.54, 1.807) is 47.9 Å². The van der Waals surface area contributed by atoms with Gasteiger partial charge in [-0.15, -0.1) is 0 Å². The molecule has 0 spiro atoms. The Morgan fingerprint density at radius 2 is 1.78 bits per heavy atom. The van der Waals surface area contributed by atoms with Crippen molar-refractivity contribution >= 4 is 11.7 Å². The molecule has 0 bridgehead atoms. The van der Waals surface area contributed by atoms with Crippen molar-refractivity contribution in [1.82, 2.24) is 10.8 Å². The number of carbonyl (C=O) groups excluding carboxylic acids is 2. The number of benzene rings is 2. The van der Waals surface area contributed by atoms with Crippen LogP contribution in [-0.2, 0) is 6.54 Å². The highest BCUT2D eigenvalue weighted by atomic mass is 16.5. The molecule has 1 amide bonds. The van der Waals surface area contributed by atoms with Crippen molar-refractivity contribution in [3.05, 3.63) is 65.2 Å². The van der Waals surface area contributed by atoms with E-state index < -0.39 is 5.91 Å². The molecule has 6 heteroatoms. The molecule has 6 nitrogen and oxygen atoms in total. The number of hydroxylamine groups is 1. The number of methoxy groups -OCH3 is 1. The number of amides is 1. The maximum Gasteiger partial charge on any atom is 0.274 e. The van der Waals surface area contributed by atoms with Crippen molar-refractivity contribution in [2.45, 2.75) is 6.54 Å². The smallest absolute Gasteiger partial charge is 0.274 e. The van der Waals surface area contributed by atoms with Crippen molar-refractivity contribution in [3.63, 3.8) is 0 Å². The Labute approximate surface area is 134 Å². The summed E-state index contributed by atoms with van der Waals surface area (Å²) in [5, 5.41) is 11.6. The molecule has 0 saturated heterocycles. The van der Waals surface area contributed by atoms with Crippen molar-refractivity contribution in [3.8, 4) is 5.75 Å². The lowest BCUT2D eigenvalue weighted by molar-refractivity contribution is 0.0706. The summed E-state index contributed by atoms with van der Waals surface area (Å²) in [6, 6.07) is 13.8. The fourth-order valence-electron chi connectivity index (χ4n) is 2.13. The lowest BCUT2D eigenvalue weighted by atomic mass is 10.1. The van der Waals surface area contributed by atoms with E-state index in [1.807, 2.05) is 6.07 Å². The number of nitrogens with one attached hydrogen (secondary N) is 2. The predicted octanol–water partition coefficient (Wildman–Crippen LogP) is 1.79. The second-order valence-electron chi connectivity index (χ2n) is 4.86. The zero-order valence-electron chi connectivity index (χ0n) is 12.7. The van der Waals surface area contributed by atoms with Crippen LogP contribution in [0.15, 0.2) is 48.5 Å². The molecule has 0 fully saturated rings. The molecule has 0 aliphatic carbocycles. The fourth-order valence-corrected chi connectivity index (χ4v) is 2.13. The van der Waals surface area contributed by atoms with Gasteiger partial charge in [-0.05, 0) is 29.8 Å². The van der Waals surface area contributed by atoms with Gasteiger partial charge in [0.25, 0.3) is 5.91 Å². The largest absolute Gasteiger partial charge is 0.496 e. The Morgan fingerprint density at radius 1 is 1.09 bits per heavy atom. The SMILES string of the molecule is COc1ccccc1C(=O)CNCc1ccc(C(=O)NO)cc1. The summed E-state index contributed by atoms with van der Waals surface area (Å²) in [6.07, 6.45) is 0. The van der Waals surface area contributed by atoms with Crippen molar-refractivity contribution < 1.29 is 19.5 Å². The molecule has 2 rings (SSSR count). The normalized spacial score (nSPS) is 10.2. The molecule has 0 aromatic heterocycles. The Hall–Kier alpha value is -2.70. The summed E-state index contributed by atoms with van der Waals surface area (Å²) >= 11 is 0. The van der Waals surface area contributed by atoms with Crippen LogP contribution in [0.2, 0.25) is 0 Å². The second-order valence-corrected chi connectivity index (χ2v) is 4.86. The van der Waals surface area contributed by atoms with Crippen molar-refractivity contribution in [2.24, 2.45) is 0 Å². The Bertz CT molecular complexity index is 683. The van der Waals surface area contributed by atoms with Gasteiger partial charge in [0.15, 0.2) is 5.78 Å². The van der Waals surface area contributed by atoms with Gasteiger partial charge in [-0.1, -0.05) is 24.3 Å². The third kappa shape index (κ3) is 4.38. The monoisotopic (exact) mass is 314 g/mol. The summed E-state index contributed by atoms with van der Waals surface area (Å²) in [6.45, 7) is 0.668. The fraction of sp³-hybridized carbons (Fsp3) is 0.176. The van der Waals surface area contributed by atoms with E-state index in [2.05, 4.69) is 5.32 Å². The first-order chi connectivity index (χ1) is 11.2. The topological polar surface area (TPSA) is 87.7 Å². The molecule has 0 unspecified atom stereocenters. The van der Waals surface area contributed by atoms with Crippen LogP contribution in [0.4, 0.5) is 0 Å². The molecular weight excluding hydrogens is 296 g/mol. The molecule has 0 saturated carbocycles. The average Bonchev–Trinajstić information content (AvgIpc) is 2.61. The van der Waals surface area contributed by atoms with Gasteiger partial charge in [0.05, 0.1) is 19.2 Å². The van der Waals surface area contributed by atoms with Crippen LogP contribution >= 0.6 is 0 Å². The zero-order chi connectivity index (χ0) is 16.7. The molecule has 0 heterocycles. The van der Waals surface area contributed by atoms with Crippen LogP contribution in [0.1, 0.15) is 26.3 Å². The van der Waals surface area contributed by atoms with E-state index in [4.69, 9.17) is 9.94 Å². The first kappa shape index (κ1) is 16.7. The number of carbonyl (C=O) groups is 2. The summed E-state index contributed by atoms with van der Waals surface area (Å²) in [5.41, 5.74) is 3.40. The highest BCUT2D eigenvalue weighted by molar-refractivity contribution is 6.00. The molecule has 0 radical (unpaired) electrons. The number of rotatable bonds is 7. The van der Waals surface area contributed by atoms with Crippen molar-refractivity contribution in [1.29, 1.82) is 0 Å². The van der Waals surface area contributed by atoms with E-state index in [1.165, 1.54) is 7.11 Å². The van der Waals surface area contributed by atoms with E-state index in [0.717, 1.165) is 5.56 Å². The highest BCUT2D eigenvalue weighted by Gasteiger charge is 2.11. The molecule has 2 aromatic carbocycles. The summed E-state index contributed by atoms with van der Waals surface area (Å²) in [4.78, 5) is 23.4. The number of hydrogen-bond acceptors (Lipinski definition) is 5. The minimum Gasteiger partial charge on any atom is -0.496 e. The van der Waals surface area contributed by atoms with Gasteiger partial charge in [0.1, 0.15) is 5.75 Å². The van der Waals surface area contributed by atoms with Crippen LogP contribution in [-0.4, -0.2) is 30.6 Å². The summed E-state index contributed by atoms with van der Waals surface area (Å²) in [5.74, 6) is -0.0618. The van der Waals surface area contributed by atoms with Gasteiger partial charge in [-0.2, -0.15) is 0 Å².